The van der Waals surface area contributed by atoms with Crippen LogP contribution in [0.2, 0.25) is 0 Å². The first kappa shape index (κ1) is 16.5. The molecule has 0 aromatic carbocycles. The molecule has 0 fully saturated rings. The molecule has 0 amide bonds. The van der Waals surface area contributed by atoms with E-state index in [0.717, 1.165) is 0 Å². The lowest BCUT2D eigenvalue weighted by Gasteiger charge is -2.18. The Bertz CT molecular complexity index is 970. The molecule has 2 N–H and O–H groups in total. The first-order chi connectivity index (χ1) is 11.9. The van der Waals surface area contributed by atoms with Crippen LogP contribution < -0.4 is 11.3 Å². The van der Waals surface area contributed by atoms with E-state index in [0.29, 0.717) is 5.56 Å². The van der Waals surface area contributed by atoms with E-state index >= 15 is 0 Å². The zero-order chi connectivity index (χ0) is 18.1. The van der Waals surface area contributed by atoms with Crippen molar-refractivity contribution in [3.05, 3.63) is 85.7 Å². The molecule has 0 unspecified atom stereocenters. The monoisotopic (exact) mass is 341 g/mol. The molecule has 0 aliphatic rings. The summed E-state index contributed by atoms with van der Waals surface area (Å²) >= 11 is 0. The normalized spacial score (nSPS) is 11.0. The van der Waals surface area contributed by atoms with Gasteiger partial charge in [0.05, 0.1) is 17.0 Å². The SMILES string of the molecule is Cc1cc(O)c(C(c2ccncc2)c2c(O)cc(C)oc2=O)c(=O)o1. The van der Waals surface area contributed by atoms with Gasteiger partial charge in [-0.2, -0.15) is 0 Å². The maximum Gasteiger partial charge on any atom is 0.343 e. The zero-order valence-corrected chi connectivity index (χ0v) is 13.5. The Morgan fingerprint density at radius 2 is 1.32 bits per heavy atom. The van der Waals surface area contributed by atoms with Crippen molar-refractivity contribution < 1.29 is 19.0 Å². The number of hydrogen-bond acceptors (Lipinski definition) is 7. The van der Waals surface area contributed by atoms with Gasteiger partial charge in [-0.3, -0.25) is 4.98 Å². The summed E-state index contributed by atoms with van der Waals surface area (Å²) in [6.45, 7) is 3.04. The largest absolute Gasteiger partial charge is 0.507 e. The number of hydrogen-bond donors (Lipinski definition) is 2. The summed E-state index contributed by atoms with van der Waals surface area (Å²) in [5, 5.41) is 20.6. The van der Waals surface area contributed by atoms with Gasteiger partial charge in [0.1, 0.15) is 23.0 Å². The van der Waals surface area contributed by atoms with E-state index in [4.69, 9.17) is 8.83 Å². The second-order valence-electron chi connectivity index (χ2n) is 5.60. The van der Waals surface area contributed by atoms with Crippen LogP contribution in [0.3, 0.4) is 0 Å². The first-order valence-electron chi connectivity index (χ1n) is 7.45. The van der Waals surface area contributed by atoms with Crippen LogP contribution in [0.4, 0.5) is 0 Å². The van der Waals surface area contributed by atoms with E-state index < -0.39 is 17.2 Å². The van der Waals surface area contributed by atoms with Crippen molar-refractivity contribution >= 4 is 0 Å². The first-order valence-corrected chi connectivity index (χ1v) is 7.45. The molecule has 0 radical (unpaired) electrons. The van der Waals surface area contributed by atoms with Crippen LogP contribution in [0, 0.1) is 13.8 Å². The van der Waals surface area contributed by atoms with Crippen molar-refractivity contribution in [1.29, 1.82) is 0 Å². The smallest absolute Gasteiger partial charge is 0.343 e. The maximum atomic E-state index is 12.4. The maximum absolute atomic E-state index is 12.4. The molecule has 128 valence electrons. The highest BCUT2D eigenvalue weighted by atomic mass is 16.4. The standard InChI is InChI=1S/C18H15NO6/c1-9-7-12(20)15(17(22)24-9)14(11-3-5-19-6-4-11)16-13(21)8-10(2)25-18(16)23/h3-8,14,20-21H,1-2H3. The Morgan fingerprint density at radius 1 is 0.880 bits per heavy atom. The second kappa shape index (κ2) is 6.27. The lowest BCUT2D eigenvalue weighted by atomic mass is 9.86. The van der Waals surface area contributed by atoms with Crippen molar-refractivity contribution in [1.82, 2.24) is 4.98 Å². The minimum Gasteiger partial charge on any atom is -0.507 e. The highest BCUT2D eigenvalue weighted by Crippen LogP contribution is 2.37. The van der Waals surface area contributed by atoms with Gasteiger partial charge in [0.15, 0.2) is 0 Å². The molecule has 3 heterocycles. The molecule has 7 nitrogen and oxygen atoms in total. The van der Waals surface area contributed by atoms with Crippen LogP contribution in [-0.4, -0.2) is 15.2 Å². The molecule has 0 aliphatic carbocycles. The number of aromatic nitrogens is 1. The van der Waals surface area contributed by atoms with Gasteiger partial charge in [0.25, 0.3) is 0 Å². The van der Waals surface area contributed by atoms with Crippen LogP contribution in [0.5, 0.6) is 11.5 Å². The van der Waals surface area contributed by atoms with E-state index in [1.807, 2.05) is 0 Å². The van der Waals surface area contributed by atoms with Gasteiger partial charge in [-0.05, 0) is 31.5 Å². The number of aromatic hydroxyl groups is 2. The molecule has 0 saturated heterocycles. The van der Waals surface area contributed by atoms with Gasteiger partial charge in [-0.25, -0.2) is 9.59 Å². The van der Waals surface area contributed by atoms with Gasteiger partial charge in [0.2, 0.25) is 0 Å². The number of pyridine rings is 1. The molecular weight excluding hydrogens is 326 g/mol. The molecule has 0 spiro atoms. The fourth-order valence-corrected chi connectivity index (χ4v) is 2.78. The highest BCUT2D eigenvalue weighted by molar-refractivity contribution is 5.50. The van der Waals surface area contributed by atoms with Crippen molar-refractivity contribution in [2.24, 2.45) is 0 Å². The van der Waals surface area contributed by atoms with Gasteiger partial charge in [-0.15, -0.1) is 0 Å². The summed E-state index contributed by atoms with van der Waals surface area (Å²) in [5.74, 6) is -1.30. The third-order valence-electron chi connectivity index (χ3n) is 3.80. The summed E-state index contributed by atoms with van der Waals surface area (Å²) in [6, 6.07) is 5.69. The number of aryl methyl sites for hydroxylation is 2. The Kier molecular flexibility index (Phi) is 4.14. The van der Waals surface area contributed by atoms with Crippen molar-refractivity contribution in [3.8, 4) is 11.5 Å². The van der Waals surface area contributed by atoms with E-state index in [-0.39, 0.29) is 34.1 Å². The molecule has 0 saturated carbocycles. The summed E-state index contributed by atoms with van der Waals surface area (Å²) in [5.41, 5.74) is -1.48. The molecule has 25 heavy (non-hydrogen) atoms. The van der Waals surface area contributed by atoms with E-state index in [9.17, 15) is 19.8 Å². The van der Waals surface area contributed by atoms with Crippen LogP contribution in [0.15, 0.2) is 55.1 Å². The predicted molar refractivity (Wildman–Crippen MR) is 87.9 cm³/mol. The third-order valence-corrected chi connectivity index (χ3v) is 3.80. The Balaban J connectivity index is 2.38. The fourth-order valence-electron chi connectivity index (χ4n) is 2.78. The van der Waals surface area contributed by atoms with Crippen LogP contribution in [0.1, 0.15) is 34.1 Å². The highest BCUT2D eigenvalue weighted by Gasteiger charge is 2.30. The summed E-state index contributed by atoms with van der Waals surface area (Å²) in [4.78, 5) is 28.7. The topological polar surface area (TPSA) is 114 Å². The van der Waals surface area contributed by atoms with Crippen LogP contribution in [-0.2, 0) is 0 Å². The average Bonchev–Trinajstić information content (AvgIpc) is 2.52. The predicted octanol–water partition coefficient (Wildman–Crippen LogP) is 2.20. The zero-order valence-electron chi connectivity index (χ0n) is 13.5. The van der Waals surface area contributed by atoms with Gasteiger partial charge in [0, 0.05) is 24.5 Å². The van der Waals surface area contributed by atoms with Crippen LogP contribution in [0.25, 0.3) is 0 Å². The Hall–Kier alpha value is -3.35. The fraction of sp³-hybridized carbons (Fsp3) is 0.167. The van der Waals surface area contributed by atoms with Gasteiger partial charge in [-0.1, -0.05) is 0 Å². The number of nitrogens with zero attached hydrogens (tertiary/aromatic N) is 1. The molecule has 3 aromatic rings. The molecular formula is C18H15NO6. The number of rotatable bonds is 3. The minimum atomic E-state index is -1.07. The Labute approximate surface area is 141 Å². The van der Waals surface area contributed by atoms with Gasteiger partial charge < -0.3 is 19.0 Å². The summed E-state index contributed by atoms with van der Waals surface area (Å²) < 4.78 is 10.1. The molecule has 0 aliphatic heterocycles. The summed E-state index contributed by atoms with van der Waals surface area (Å²) in [6.07, 6.45) is 2.95. The molecule has 3 aromatic heterocycles. The van der Waals surface area contributed by atoms with E-state index in [2.05, 4.69) is 4.98 Å². The van der Waals surface area contributed by atoms with E-state index in [1.165, 1.54) is 38.4 Å². The Morgan fingerprint density at radius 3 is 1.72 bits per heavy atom. The molecule has 0 atom stereocenters. The van der Waals surface area contributed by atoms with Crippen molar-refractivity contribution in [2.75, 3.05) is 0 Å². The van der Waals surface area contributed by atoms with Crippen LogP contribution >= 0.6 is 0 Å². The van der Waals surface area contributed by atoms with E-state index in [1.54, 1.807) is 12.1 Å². The van der Waals surface area contributed by atoms with Crippen molar-refractivity contribution in [2.45, 2.75) is 19.8 Å². The average molecular weight is 341 g/mol. The summed E-state index contributed by atoms with van der Waals surface area (Å²) in [7, 11) is 0. The minimum absolute atomic E-state index is 0.164. The molecule has 0 bridgehead atoms. The quantitative estimate of drug-likeness (QED) is 0.750. The lowest BCUT2D eigenvalue weighted by Crippen LogP contribution is -2.21. The lowest BCUT2D eigenvalue weighted by molar-refractivity contribution is 0.407. The molecule has 7 heteroatoms. The van der Waals surface area contributed by atoms with Gasteiger partial charge >= 0.3 is 11.3 Å². The van der Waals surface area contributed by atoms with Crippen molar-refractivity contribution in [3.63, 3.8) is 0 Å². The molecule has 3 rings (SSSR count). The second-order valence-corrected chi connectivity index (χ2v) is 5.60. The third kappa shape index (κ3) is 3.03.